The molecule has 0 bridgehead atoms. The van der Waals surface area contributed by atoms with Gasteiger partial charge in [0.05, 0.1) is 0 Å². The van der Waals surface area contributed by atoms with Gasteiger partial charge in [-0.1, -0.05) is 133 Å². The molecule has 0 spiro atoms. The molecule has 0 radical (unpaired) electrons. The van der Waals surface area contributed by atoms with E-state index in [9.17, 15) is 0 Å². The maximum atomic E-state index is 7.75. The first kappa shape index (κ1) is 44.8. The second-order valence-electron chi connectivity index (χ2n) is 11.8. The zero-order chi connectivity index (χ0) is 28.2. The second kappa shape index (κ2) is 23.0. The molecule has 0 rings (SSSR count). The van der Waals surface area contributed by atoms with Crippen molar-refractivity contribution in [1.29, 1.82) is 0 Å². The average molecular weight is 584 g/mol. The van der Waals surface area contributed by atoms with Crippen LogP contribution in [0.3, 0.4) is 0 Å². The van der Waals surface area contributed by atoms with E-state index in [1.165, 1.54) is 0 Å². The Morgan fingerprint density at radius 3 is 0.914 bits per heavy atom. The molecule has 0 aromatic heterocycles. The van der Waals surface area contributed by atoms with Crippen LogP contribution in [-0.2, 0) is 29.1 Å². The Kier molecular flexibility index (Phi) is 29.4. The Morgan fingerprint density at radius 2 is 0.771 bits per heavy atom. The van der Waals surface area contributed by atoms with Gasteiger partial charge in [0.2, 0.25) is 0 Å². The van der Waals surface area contributed by atoms with E-state index in [0.29, 0.717) is 0 Å². The van der Waals surface area contributed by atoms with Gasteiger partial charge in [0, 0.05) is 0 Å². The fourth-order valence-corrected chi connectivity index (χ4v) is 2.53. The maximum Gasteiger partial charge on any atom is 6.00 e. The summed E-state index contributed by atoms with van der Waals surface area (Å²) in [4.78, 5) is 15.5. The van der Waals surface area contributed by atoms with Crippen molar-refractivity contribution < 1.29 is 29.1 Å². The minimum atomic E-state index is 0. The van der Waals surface area contributed by atoms with Crippen molar-refractivity contribution >= 4 is 13.6 Å². The molecule has 0 N–H and O–H groups in total. The monoisotopic (exact) mass is 584 g/mol. The van der Waals surface area contributed by atoms with Crippen molar-refractivity contribution in [3.8, 4) is 0 Å². The Bertz CT molecular complexity index is 419. The van der Waals surface area contributed by atoms with Gasteiger partial charge in [0.25, 0.3) is 0 Å². The van der Waals surface area contributed by atoms with Gasteiger partial charge < -0.3 is 30.9 Å². The van der Waals surface area contributed by atoms with Gasteiger partial charge in [-0.2, -0.15) is 13.1 Å². The first-order chi connectivity index (χ1) is 15.5. The average Bonchev–Trinajstić information content (AvgIpc) is 2.75. The molecule has 2 atom stereocenters. The summed E-state index contributed by atoms with van der Waals surface area (Å²) >= 11 is 0. The molecule has 35 heavy (non-hydrogen) atoms. The number of hydrogen-bond donors (Lipinski definition) is 0. The third-order valence-electron chi connectivity index (χ3n) is 5.29. The Hall–Kier alpha value is -0.197. The summed E-state index contributed by atoms with van der Waals surface area (Å²) in [6.07, 6.45) is 4.73. The molecule has 0 saturated heterocycles. The van der Waals surface area contributed by atoms with Crippen molar-refractivity contribution in [2.75, 3.05) is 13.1 Å². The summed E-state index contributed by atoms with van der Waals surface area (Å²) in [5.41, 5.74) is 0.383. The van der Waals surface area contributed by atoms with Crippen LogP contribution in [0.4, 0.5) is 0 Å². The van der Waals surface area contributed by atoms with E-state index in [-0.39, 0.29) is 53.7 Å². The second-order valence-corrected chi connectivity index (χ2v) is 11.8. The van der Waals surface area contributed by atoms with Gasteiger partial charge in [-0.3, -0.25) is 13.6 Å². The zero-order valence-electron chi connectivity index (χ0n) is 25.5. The van der Waals surface area contributed by atoms with Crippen LogP contribution in [0.15, 0.2) is 0 Å². The molecule has 0 amide bonds. The summed E-state index contributed by atoms with van der Waals surface area (Å²) < 4.78 is 0. The molecule has 0 aliphatic rings. The van der Waals surface area contributed by atoms with Gasteiger partial charge in [0.15, 0.2) is 0 Å². The third-order valence-corrected chi connectivity index (χ3v) is 5.29. The van der Waals surface area contributed by atoms with E-state index in [1.54, 1.807) is 0 Å². The van der Waals surface area contributed by atoms with E-state index >= 15 is 0 Å². The number of carbonyl (C=O) groups excluding carboxylic acids is 2. The summed E-state index contributed by atoms with van der Waals surface area (Å²) in [7, 11) is 0. The van der Waals surface area contributed by atoms with Crippen LogP contribution in [0.25, 0.3) is 21.3 Å². The largest absolute Gasteiger partial charge is 6.00 e. The molecular formula is C28H58N4O2Ru. The van der Waals surface area contributed by atoms with Crippen LogP contribution in [0.2, 0.25) is 0 Å². The van der Waals surface area contributed by atoms with Crippen LogP contribution in [0, 0.1) is 10.8 Å². The van der Waals surface area contributed by atoms with Gasteiger partial charge >= 0.3 is 19.5 Å². The number of rotatable bonds is 12. The molecule has 0 fully saturated rings. The van der Waals surface area contributed by atoms with Crippen LogP contribution in [-0.4, -0.2) is 50.1 Å². The topological polar surface area (TPSA) is 90.5 Å². The number of hydrogen-bond acceptors (Lipinski definition) is 2. The number of nitrogens with zero attached hydrogens (tertiary/aromatic N) is 4. The molecule has 2 unspecified atom stereocenters. The third kappa shape index (κ3) is 26.7. The predicted molar refractivity (Wildman–Crippen MR) is 152 cm³/mol. The SMILES string of the molecule is CCC[N-]C([N-]C(C)(C)C)C(C)(C)CC.CCC[N-]C([N-]C(C)(C)C)C(C)(C)CC.[CH-]=O.[CH-]=O.[Ru+6]. The molecule has 0 heterocycles. The molecule has 0 aromatic carbocycles. The molecule has 0 aliphatic carbocycles. The van der Waals surface area contributed by atoms with Gasteiger partial charge in [0.1, 0.15) is 0 Å². The zero-order valence-corrected chi connectivity index (χ0v) is 27.2. The summed E-state index contributed by atoms with van der Waals surface area (Å²) in [6.45, 7) is 39.0. The minimum Gasteiger partial charge on any atom is -0.677 e. The van der Waals surface area contributed by atoms with E-state index in [0.717, 1.165) is 38.8 Å². The summed E-state index contributed by atoms with van der Waals surface area (Å²) in [5.74, 6) is 0. The summed E-state index contributed by atoms with van der Waals surface area (Å²) in [6, 6.07) is 0. The molecular weight excluding hydrogens is 525 g/mol. The molecule has 210 valence electrons. The Balaban J connectivity index is -0.000000146. The van der Waals surface area contributed by atoms with Gasteiger partial charge in [-0.05, 0) is 0 Å². The predicted octanol–water partition coefficient (Wildman–Crippen LogP) is 8.86. The first-order valence-electron chi connectivity index (χ1n) is 12.7. The molecule has 0 aliphatic heterocycles. The van der Waals surface area contributed by atoms with Gasteiger partial charge in [-0.15, -0.1) is 11.1 Å². The van der Waals surface area contributed by atoms with Gasteiger partial charge in [-0.25, -0.2) is 12.3 Å². The summed E-state index contributed by atoms with van der Waals surface area (Å²) in [5, 5.41) is 19.1. The normalized spacial score (nSPS) is 13.4. The van der Waals surface area contributed by atoms with Crippen molar-refractivity contribution in [1.82, 2.24) is 0 Å². The molecule has 0 aromatic rings. The first-order valence-corrected chi connectivity index (χ1v) is 12.7. The fraction of sp³-hybridized carbons (Fsp3) is 0.929. The van der Waals surface area contributed by atoms with E-state index in [2.05, 4.69) is 111 Å². The maximum absolute atomic E-state index is 7.75. The molecule has 0 saturated carbocycles. The van der Waals surface area contributed by atoms with Crippen molar-refractivity contribution in [3.63, 3.8) is 0 Å². The van der Waals surface area contributed by atoms with E-state index in [1.807, 2.05) is 0 Å². The van der Waals surface area contributed by atoms with Crippen LogP contribution in [0.1, 0.15) is 123 Å². The smallest absolute Gasteiger partial charge is 0.677 e. The van der Waals surface area contributed by atoms with Crippen molar-refractivity contribution in [3.05, 3.63) is 21.3 Å². The standard InChI is InChI=1S/2C13H28N2.2CHO.Ru/c2*1-8-10-14-11(13(6,7)9-2)15-12(3,4)5;2*1-2;/h2*11H,8-10H2,1-7H3;2*1H;/q2*-2;2*-1;+6. The van der Waals surface area contributed by atoms with Crippen molar-refractivity contribution in [2.24, 2.45) is 10.8 Å². The Labute approximate surface area is 233 Å². The van der Waals surface area contributed by atoms with Crippen LogP contribution < -0.4 is 0 Å². The Morgan fingerprint density at radius 1 is 0.543 bits per heavy atom. The molecule has 7 heteroatoms. The quantitative estimate of drug-likeness (QED) is 0.130. The van der Waals surface area contributed by atoms with Crippen LogP contribution in [0.5, 0.6) is 0 Å². The fourth-order valence-electron chi connectivity index (χ4n) is 2.53. The van der Waals surface area contributed by atoms with Crippen molar-refractivity contribution in [2.45, 2.75) is 146 Å². The minimum absolute atomic E-state index is 0. The molecule has 6 nitrogen and oxygen atoms in total. The van der Waals surface area contributed by atoms with Crippen LogP contribution >= 0.6 is 0 Å². The van der Waals surface area contributed by atoms with E-state index < -0.39 is 0 Å². The van der Waals surface area contributed by atoms with E-state index in [4.69, 9.17) is 30.9 Å².